The average molecular weight is 327 g/mol. The Kier molecular flexibility index (Phi) is 3.98. The lowest BCUT2D eigenvalue weighted by Gasteiger charge is -2.23. The first-order valence-corrected chi connectivity index (χ1v) is 8.81. The molecule has 124 valence electrons. The summed E-state index contributed by atoms with van der Waals surface area (Å²) in [6.07, 6.45) is 8.07. The van der Waals surface area contributed by atoms with Crippen LogP contribution in [0.5, 0.6) is 0 Å². The molecule has 0 saturated heterocycles. The summed E-state index contributed by atoms with van der Waals surface area (Å²) in [5.74, 6) is 0. The maximum absolute atomic E-state index is 2.37. The van der Waals surface area contributed by atoms with Crippen molar-refractivity contribution in [3.05, 3.63) is 90.3 Å². The van der Waals surface area contributed by atoms with Gasteiger partial charge in [-0.2, -0.15) is 4.57 Å². The van der Waals surface area contributed by atoms with Crippen LogP contribution in [-0.4, -0.2) is 5.48 Å². The van der Waals surface area contributed by atoms with Gasteiger partial charge in [0, 0.05) is 24.1 Å². The summed E-state index contributed by atoms with van der Waals surface area (Å²) in [7, 11) is 0. The van der Waals surface area contributed by atoms with E-state index in [-0.39, 0.29) is 5.48 Å². The maximum atomic E-state index is 2.37. The number of fused-ring (bicyclic) bond motifs is 5. The van der Waals surface area contributed by atoms with Crippen LogP contribution in [0.2, 0.25) is 0 Å². The minimum atomic E-state index is 0. The molecular formula is C23H21NO. The summed E-state index contributed by atoms with van der Waals surface area (Å²) in [5.41, 5.74) is 3.05. The largest absolute Gasteiger partial charge is 0.870 e. The number of aromatic nitrogens is 1. The van der Waals surface area contributed by atoms with Gasteiger partial charge in [-0.1, -0.05) is 54.6 Å². The molecule has 0 fully saturated rings. The highest BCUT2D eigenvalue weighted by Gasteiger charge is 2.28. The van der Waals surface area contributed by atoms with Gasteiger partial charge in [0.1, 0.15) is 0 Å². The third-order valence-corrected chi connectivity index (χ3v) is 5.44. The van der Waals surface area contributed by atoms with Crippen LogP contribution in [0.25, 0.3) is 21.5 Å². The molecular weight excluding hydrogens is 306 g/mol. The molecule has 1 aromatic heterocycles. The molecule has 1 aliphatic carbocycles. The zero-order valence-electron chi connectivity index (χ0n) is 14.1. The highest BCUT2D eigenvalue weighted by atomic mass is 16.0. The van der Waals surface area contributed by atoms with Gasteiger partial charge >= 0.3 is 0 Å². The Morgan fingerprint density at radius 1 is 0.720 bits per heavy atom. The summed E-state index contributed by atoms with van der Waals surface area (Å²) < 4.78 is 2.37. The monoisotopic (exact) mass is 327 g/mol. The number of hydrogen-bond donors (Lipinski definition) is 0. The molecule has 1 aliphatic rings. The molecule has 5 rings (SSSR count). The van der Waals surface area contributed by atoms with E-state index in [9.17, 15) is 0 Å². The normalized spacial score (nSPS) is 16.4. The van der Waals surface area contributed by atoms with Crippen molar-refractivity contribution in [3.8, 4) is 0 Å². The summed E-state index contributed by atoms with van der Waals surface area (Å²) in [6, 6.07) is 24.8. The first kappa shape index (κ1) is 15.8. The highest BCUT2D eigenvalue weighted by Crippen LogP contribution is 2.36. The lowest BCUT2D eigenvalue weighted by molar-refractivity contribution is -0.715. The Balaban J connectivity index is 0.00000157. The van der Waals surface area contributed by atoms with Gasteiger partial charge in [0.2, 0.25) is 0 Å². The van der Waals surface area contributed by atoms with E-state index in [1.165, 1.54) is 46.4 Å². The smallest absolute Gasteiger partial charge is 0.183 e. The zero-order chi connectivity index (χ0) is 15.9. The fourth-order valence-electron chi connectivity index (χ4n) is 4.32. The first-order chi connectivity index (χ1) is 11.9. The van der Waals surface area contributed by atoms with Crippen LogP contribution in [-0.2, 0) is 6.42 Å². The minimum Gasteiger partial charge on any atom is -0.870 e. The average Bonchev–Trinajstić information content (AvgIpc) is 2.67. The van der Waals surface area contributed by atoms with Crippen molar-refractivity contribution in [2.24, 2.45) is 0 Å². The SMILES string of the molecule is [OH-].c1cc[n+](C2CCCc3c2ccc2c3ccc3ccccc32)cc1. The van der Waals surface area contributed by atoms with Crippen LogP contribution >= 0.6 is 0 Å². The standard InChI is InChI=1S/C23H20N.H2O/c1-4-15-24(16-5-1)23-10-6-9-19-21-12-11-17-7-2-3-8-18(17)20(21)13-14-22(19)23;/h1-5,7-8,11-16,23H,6,9-10H2;1H2/q+1;/p-1. The number of nitrogens with zero attached hydrogens (tertiary/aromatic N) is 1. The van der Waals surface area contributed by atoms with Crippen molar-refractivity contribution in [2.45, 2.75) is 25.3 Å². The van der Waals surface area contributed by atoms with E-state index in [0.29, 0.717) is 6.04 Å². The molecule has 0 spiro atoms. The molecule has 0 aliphatic heterocycles. The highest BCUT2D eigenvalue weighted by molar-refractivity contribution is 6.08. The lowest BCUT2D eigenvalue weighted by atomic mass is 9.83. The van der Waals surface area contributed by atoms with E-state index in [2.05, 4.69) is 83.7 Å². The molecule has 0 radical (unpaired) electrons. The molecule has 3 aromatic carbocycles. The van der Waals surface area contributed by atoms with Gasteiger partial charge in [-0.15, -0.1) is 0 Å². The van der Waals surface area contributed by atoms with E-state index in [4.69, 9.17) is 0 Å². The molecule has 1 unspecified atom stereocenters. The first-order valence-electron chi connectivity index (χ1n) is 8.81. The fourth-order valence-corrected chi connectivity index (χ4v) is 4.32. The van der Waals surface area contributed by atoms with Crippen LogP contribution in [0, 0.1) is 0 Å². The van der Waals surface area contributed by atoms with Crippen molar-refractivity contribution < 1.29 is 10.0 Å². The van der Waals surface area contributed by atoms with Gasteiger partial charge in [0.05, 0.1) is 0 Å². The summed E-state index contributed by atoms with van der Waals surface area (Å²) in [5, 5.41) is 5.53. The van der Waals surface area contributed by atoms with Gasteiger partial charge < -0.3 is 5.48 Å². The molecule has 0 bridgehead atoms. The van der Waals surface area contributed by atoms with E-state index in [1.54, 1.807) is 5.56 Å². The van der Waals surface area contributed by atoms with Crippen molar-refractivity contribution in [3.63, 3.8) is 0 Å². The van der Waals surface area contributed by atoms with Gasteiger partial charge in [-0.3, -0.25) is 0 Å². The number of pyridine rings is 1. The summed E-state index contributed by atoms with van der Waals surface area (Å²) >= 11 is 0. The number of hydrogen-bond acceptors (Lipinski definition) is 1. The Labute approximate surface area is 147 Å². The van der Waals surface area contributed by atoms with E-state index in [0.717, 1.165) is 0 Å². The Hall–Kier alpha value is -2.71. The Bertz CT molecular complexity index is 1040. The number of rotatable bonds is 1. The number of benzene rings is 3. The second kappa shape index (κ2) is 6.30. The van der Waals surface area contributed by atoms with E-state index in [1.807, 2.05) is 0 Å². The van der Waals surface area contributed by atoms with Crippen LogP contribution in [0.15, 0.2) is 79.1 Å². The van der Waals surface area contributed by atoms with Crippen molar-refractivity contribution in [1.29, 1.82) is 0 Å². The molecule has 1 heterocycles. The molecule has 0 saturated carbocycles. The molecule has 4 aromatic rings. The molecule has 2 heteroatoms. The minimum absolute atomic E-state index is 0. The third kappa shape index (κ3) is 2.50. The molecule has 1 N–H and O–H groups in total. The van der Waals surface area contributed by atoms with Gasteiger partial charge in [-0.05, 0) is 39.9 Å². The van der Waals surface area contributed by atoms with E-state index < -0.39 is 0 Å². The van der Waals surface area contributed by atoms with Crippen molar-refractivity contribution in [1.82, 2.24) is 0 Å². The molecule has 25 heavy (non-hydrogen) atoms. The Morgan fingerprint density at radius 2 is 1.52 bits per heavy atom. The number of aryl methyl sites for hydroxylation is 1. The zero-order valence-corrected chi connectivity index (χ0v) is 14.1. The van der Waals surface area contributed by atoms with Crippen molar-refractivity contribution >= 4 is 21.5 Å². The van der Waals surface area contributed by atoms with Gasteiger partial charge in [0.15, 0.2) is 18.4 Å². The second-order valence-electron chi connectivity index (χ2n) is 6.75. The van der Waals surface area contributed by atoms with Crippen LogP contribution in [0.4, 0.5) is 0 Å². The maximum Gasteiger partial charge on any atom is 0.183 e. The lowest BCUT2D eigenvalue weighted by Crippen LogP contribution is -2.41. The van der Waals surface area contributed by atoms with Crippen molar-refractivity contribution in [2.75, 3.05) is 0 Å². The summed E-state index contributed by atoms with van der Waals surface area (Å²) in [4.78, 5) is 0. The van der Waals surface area contributed by atoms with E-state index >= 15 is 0 Å². The third-order valence-electron chi connectivity index (χ3n) is 5.44. The fraction of sp³-hybridized carbons (Fsp3) is 0.174. The summed E-state index contributed by atoms with van der Waals surface area (Å²) in [6.45, 7) is 0. The van der Waals surface area contributed by atoms with Gasteiger partial charge in [-0.25, -0.2) is 0 Å². The molecule has 1 atom stereocenters. The molecule has 2 nitrogen and oxygen atoms in total. The predicted molar refractivity (Wildman–Crippen MR) is 101 cm³/mol. The quantitative estimate of drug-likeness (QED) is 0.356. The van der Waals surface area contributed by atoms with Crippen LogP contribution < -0.4 is 4.57 Å². The Morgan fingerprint density at radius 3 is 2.40 bits per heavy atom. The second-order valence-corrected chi connectivity index (χ2v) is 6.75. The molecule has 0 amide bonds. The topological polar surface area (TPSA) is 33.9 Å². The van der Waals surface area contributed by atoms with Crippen LogP contribution in [0.1, 0.15) is 30.0 Å². The van der Waals surface area contributed by atoms with Gasteiger partial charge in [0.25, 0.3) is 0 Å². The van der Waals surface area contributed by atoms with Crippen LogP contribution in [0.3, 0.4) is 0 Å². The predicted octanol–water partition coefficient (Wildman–Crippen LogP) is 5.03.